The van der Waals surface area contributed by atoms with Crippen LogP contribution in [0.15, 0.2) is 18.2 Å². The number of benzene rings is 1. The van der Waals surface area contributed by atoms with Crippen molar-refractivity contribution >= 4 is 22.6 Å². The van der Waals surface area contributed by atoms with Gasteiger partial charge in [0.1, 0.15) is 17.9 Å². The van der Waals surface area contributed by atoms with Gasteiger partial charge in [-0.05, 0) is 12.1 Å². The van der Waals surface area contributed by atoms with Crippen LogP contribution in [0.25, 0.3) is 11.0 Å². The first-order valence-corrected chi connectivity index (χ1v) is 7.30. The highest BCUT2D eigenvalue weighted by Crippen LogP contribution is 2.22. The molecular formula is C15H20N4O2. The van der Waals surface area contributed by atoms with Gasteiger partial charge in [0, 0.05) is 19.5 Å². The van der Waals surface area contributed by atoms with Crippen LogP contribution in [0.5, 0.6) is 0 Å². The topological polar surface area (TPSA) is 73.4 Å². The van der Waals surface area contributed by atoms with Gasteiger partial charge < -0.3 is 19.9 Å². The Balaban J connectivity index is 1.92. The molecule has 0 bridgehead atoms. The van der Waals surface area contributed by atoms with Gasteiger partial charge in [-0.15, -0.1) is 0 Å². The lowest BCUT2D eigenvalue weighted by atomic mass is 10.2. The SMILES string of the molecule is CCc1nc2c(N)cccc2n1CC(=O)N1CCOCC1. The van der Waals surface area contributed by atoms with Crippen LogP contribution in [0.3, 0.4) is 0 Å². The highest BCUT2D eigenvalue weighted by atomic mass is 16.5. The summed E-state index contributed by atoms with van der Waals surface area (Å²) in [5.74, 6) is 0.999. The molecule has 0 radical (unpaired) electrons. The summed E-state index contributed by atoms with van der Waals surface area (Å²) in [6, 6.07) is 5.70. The Morgan fingerprint density at radius 2 is 2.14 bits per heavy atom. The van der Waals surface area contributed by atoms with Crippen molar-refractivity contribution in [3.05, 3.63) is 24.0 Å². The molecule has 0 atom stereocenters. The normalized spacial score (nSPS) is 15.6. The molecule has 2 N–H and O–H groups in total. The maximum atomic E-state index is 12.5. The molecule has 2 aromatic rings. The summed E-state index contributed by atoms with van der Waals surface area (Å²) in [5.41, 5.74) is 8.34. The van der Waals surface area contributed by atoms with Crippen LogP contribution in [0.4, 0.5) is 5.69 Å². The van der Waals surface area contributed by atoms with Crippen LogP contribution < -0.4 is 5.73 Å². The van der Waals surface area contributed by atoms with Gasteiger partial charge in [-0.2, -0.15) is 0 Å². The standard InChI is InChI=1S/C15H20N4O2/c1-2-13-17-15-11(16)4-3-5-12(15)19(13)10-14(20)18-6-8-21-9-7-18/h3-5H,2,6-10,16H2,1H3. The first-order chi connectivity index (χ1) is 10.2. The number of rotatable bonds is 3. The Labute approximate surface area is 123 Å². The van der Waals surface area contributed by atoms with Crippen molar-refractivity contribution in [1.82, 2.24) is 14.5 Å². The molecule has 0 aliphatic carbocycles. The van der Waals surface area contributed by atoms with Gasteiger partial charge in [-0.25, -0.2) is 4.98 Å². The number of aryl methyl sites for hydroxylation is 1. The highest BCUT2D eigenvalue weighted by molar-refractivity contribution is 5.89. The number of carbonyl (C=O) groups excluding carboxylic acids is 1. The van der Waals surface area contributed by atoms with Crippen LogP contribution in [0.2, 0.25) is 0 Å². The molecule has 1 amide bonds. The summed E-state index contributed by atoms with van der Waals surface area (Å²) in [6.07, 6.45) is 0.768. The summed E-state index contributed by atoms with van der Waals surface area (Å²) in [7, 11) is 0. The molecule has 0 saturated carbocycles. The smallest absolute Gasteiger partial charge is 0.242 e. The lowest BCUT2D eigenvalue weighted by molar-refractivity contribution is -0.135. The van der Waals surface area contributed by atoms with E-state index in [9.17, 15) is 4.79 Å². The number of ether oxygens (including phenoxy) is 1. The Morgan fingerprint density at radius 1 is 1.38 bits per heavy atom. The van der Waals surface area contributed by atoms with Crippen molar-refractivity contribution in [1.29, 1.82) is 0 Å². The Morgan fingerprint density at radius 3 is 2.86 bits per heavy atom. The van der Waals surface area contributed by atoms with Gasteiger partial charge in [-0.3, -0.25) is 4.79 Å². The molecule has 6 heteroatoms. The first-order valence-electron chi connectivity index (χ1n) is 7.30. The van der Waals surface area contributed by atoms with Crippen molar-refractivity contribution < 1.29 is 9.53 Å². The largest absolute Gasteiger partial charge is 0.397 e. The van der Waals surface area contributed by atoms with Gasteiger partial charge in [-0.1, -0.05) is 13.0 Å². The number of fused-ring (bicyclic) bond motifs is 1. The van der Waals surface area contributed by atoms with Gasteiger partial charge in [0.2, 0.25) is 5.91 Å². The fourth-order valence-electron chi connectivity index (χ4n) is 2.71. The zero-order valence-electron chi connectivity index (χ0n) is 12.2. The molecule has 112 valence electrons. The Bertz CT molecular complexity index is 659. The van der Waals surface area contributed by atoms with Crippen molar-refractivity contribution in [2.45, 2.75) is 19.9 Å². The molecule has 1 aliphatic rings. The van der Waals surface area contributed by atoms with Crippen molar-refractivity contribution in [3.63, 3.8) is 0 Å². The van der Waals surface area contributed by atoms with Crippen LogP contribution in [0, 0.1) is 0 Å². The fourth-order valence-corrected chi connectivity index (χ4v) is 2.71. The number of amides is 1. The lowest BCUT2D eigenvalue weighted by Gasteiger charge is -2.27. The minimum Gasteiger partial charge on any atom is -0.397 e. The summed E-state index contributed by atoms with van der Waals surface area (Å²) in [4.78, 5) is 18.9. The van der Waals surface area contributed by atoms with Crippen LogP contribution >= 0.6 is 0 Å². The predicted octanol–water partition coefficient (Wildman–Crippen LogP) is 1.04. The van der Waals surface area contributed by atoms with E-state index in [0.717, 1.165) is 23.3 Å². The molecule has 1 aromatic heterocycles. The maximum Gasteiger partial charge on any atom is 0.242 e. The maximum absolute atomic E-state index is 12.5. The molecule has 2 heterocycles. The van der Waals surface area contributed by atoms with Gasteiger partial charge in [0.05, 0.1) is 24.4 Å². The third-order valence-electron chi connectivity index (χ3n) is 3.86. The van der Waals surface area contributed by atoms with Gasteiger partial charge >= 0.3 is 0 Å². The van der Waals surface area contributed by atoms with Crippen molar-refractivity contribution in [3.8, 4) is 0 Å². The van der Waals surface area contributed by atoms with Crippen LogP contribution in [-0.2, 0) is 22.5 Å². The van der Waals surface area contributed by atoms with Crippen molar-refractivity contribution in [2.24, 2.45) is 0 Å². The lowest BCUT2D eigenvalue weighted by Crippen LogP contribution is -2.42. The average molecular weight is 288 g/mol. The molecular weight excluding hydrogens is 268 g/mol. The number of para-hydroxylation sites is 1. The predicted molar refractivity (Wildman–Crippen MR) is 80.9 cm³/mol. The monoisotopic (exact) mass is 288 g/mol. The quantitative estimate of drug-likeness (QED) is 0.856. The highest BCUT2D eigenvalue weighted by Gasteiger charge is 2.20. The van der Waals surface area contributed by atoms with Crippen LogP contribution in [-0.4, -0.2) is 46.7 Å². The number of nitrogen functional groups attached to an aromatic ring is 1. The second-order valence-electron chi connectivity index (χ2n) is 5.18. The second-order valence-corrected chi connectivity index (χ2v) is 5.18. The number of hydrogen-bond donors (Lipinski definition) is 1. The van der Waals surface area contributed by atoms with E-state index in [-0.39, 0.29) is 5.91 Å². The summed E-state index contributed by atoms with van der Waals surface area (Å²) in [5, 5.41) is 0. The number of morpholine rings is 1. The molecule has 6 nitrogen and oxygen atoms in total. The third-order valence-corrected chi connectivity index (χ3v) is 3.86. The fraction of sp³-hybridized carbons (Fsp3) is 0.467. The molecule has 0 spiro atoms. The first kappa shape index (κ1) is 13.9. The van der Waals surface area contributed by atoms with Gasteiger partial charge in [0.25, 0.3) is 0 Å². The number of anilines is 1. The van der Waals surface area contributed by atoms with E-state index in [1.165, 1.54) is 0 Å². The average Bonchev–Trinajstić information content (AvgIpc) is 2.87. The Hall–Kier alpha value is -2.08. The number of carbonyl (C=O) groups is 1. The number of nitrogens with zero attached hydrogens (tertiary/aromatic N) is 3. The number of aromatic nitrogens is 2. The number of nitrogens with two attached hydrogens (primary N) is 1. The van der Waals surface area contributed by atoms with E-state index in [4.69, 9.17) is 10.5 Å². The van der Waals surface area contributed by atoms with E-state index in [1.54, 1.807) is 0 Å². The summed E-state index contributed by atoms with van der Waals surface area (Å²) in [6.45, 7) is 4.90. The second kappa shape index (κ2) is 5.73. The minimum atomic E-state index is 0.106. The number of imidazole rings is 1. The molecule has 0 unspecified atom stereocenters. The van der Waals surface area contributed by atoms with Gasteiger partial charge in [0.15, 0.2) is 0 Å². The molecule has 1 aromatic carbocycles. The van der Waals surface area contributed by atoms with E-state index in [1.807, 2.05) is 34.6 Å². The summed E-state index contributed by atoms with van der Waals surface area (Å²) >= 11 is 0. The molecule has 3 rings (SSSR count). The number of hydrogen-bond acceptors (Lipinski definition) is 4. The van der Waals surface area contributed by atoms with Crippen LogP contribution in [0.1, 0.15) is 12.7 Å². The Kier molecular flexibility index (Phi) is 3.79. The van der Waals surface area contributed by atoms with E-state index in [0.29, 0.717) is 38.5 Å². The minimum absolute atomic E-state index is 0.106. The van der Waals surface area contributed by atoms with E-state index >= 15 is 0 Å². The zero-order valence-corrected chi connectivity index (χ0v) is 12.2. The van der Waals surface area contributed by atoms with E-state index < -0.39 is 0 Å². The third kappa shape index (κ3) is 2.58. The molecule has 1 saturated heterocycles. The molecule has 1 aliphatic heterocycles. The zero-order chi connectivity index (χ0) is 14.8. The van der Waals surface area contributed by atoms with Crippen molar-refractivity contribution in [2.75, 3.05) is 32.0 Å². The summed E-state index contributed by atoms with van der Waals surface area (Å²) < 4.78 is 7.26. The van der Waals surface area contributed by atoms with E-state index in [2.05, 4.69) is 4.98 Å². The molecule has 1 fully saturated rings. The molecule has 21 heavy (non-hydrogen) atoms.